The van der Waals surface area contributed by atoms with Crippen LogP contribution in [-0.4, -0.2) is 19.7 Å². The number of rotatable bonds is 5. The van der Waals surface area contributed by atoms with Gasteiger partial charge in [-0.15, -0.1) is 0 Å². The van der Waals surface area contributed by atoms with E-state index in [1.165, 1.54) is 7.11 Å². The van der Waals surface area contributed by atoms with Gasteiger partial charge in [-0.2, -0.15) is 0 Å². The number of hydrogen-bond donors (Lipinski definition) is 0. The average Bonchev–Trinajstić information content (AvgIpc) is 2.27. The van der Waals surface area contributed by atoms with Gasteiger partial charge >= 0.3 is 5.97 Å². The zero-order chi connectivity index (χ0) is 12.8. The third-order valence-electron chi connectivity index (χ3n) is 2.14. The van der Waals surface area contributed by atoms with Gasteiger partial charge in [0.1, 0.15) is 5.75 Å². The number of benzene rings is 1. The average molecular weight is 301 g/mol. The first-order valence-corrected chi connectivity index (χ1v) is 6.30. The lowest BCUT2D eigenvalue weighted by Gasteiger charge is -2.11. The van der Waals surface area contributed by atoms with Gasteiger partial charge in [-0.3, -0.25) is 4.79 Å². The smallest absolute Gasteiger partial charge is 0.309 e. The number of carbonyl (C=O) groups excluding carboxylic acids is 1. The fraction of sp³-hybridized carbons (Fsp3) is 0.462. The van der Waals surface area contributed by atoms with E-state index in [4.69, 9.17) is 4.74 Å². The van der Waals surface area contributed by atoms with Gasteiger partial charge < -0.3 is 9.47 Å². The van der Waals surface area contributed by atoms with Gasteiger partial charge in [-0.1, -0.05) is 19.9 Å². The largest absolute Gasteiger partial charge is 0.492 e. The molecule has 0 amide bonds. The molecule has 0 spiro atoms. The van der Waals surface area contributed by atoms with E-state index in [1.807, 2.05) is 18.2 Å². The Kier molecular flexibility index (Phi) is 5.48. The molecule has 0 fully saturated rings. The fourth-order valence-electron chi connectivity index (χ4n) is 1.27. The van der Waals surface area contributed by atoms with E-state index < -0.39 is 0 Å². The molecule has 0 atom stereocenters. The number of esters is 1. The van der Waals surface area contributed by atoms with Gasteiger partial charge in [-0.25, -0.2) is 0 Å². The highest BCUT2D eigenvalue weighted by Crippen LogP contribution is 2.26. The van der Waals surface area contributed by atoms with Gasteiger partial charge in [0.05, 0.1) is 24.6 Å². The van der Waals surface area contributed by atoms with Crippen molar-refractivity contribution >= 4 is 21.9 Å². The Bertz CT molecular complexity index is 388. The first-order valence-electron chi connectivity index (χ1n) is 5.51. The Hall–Kier alpha value is -1.03. The summed E-state index contributed by atoms with van der Waals surface area (Å²) in [5, 5.41) is 0. The van der Waals surface area contributed by atoms with Gasteiger partial charge in [-0.05, 0) is 39.5 Å². The third kappa shape index (κ3) is 4.77. The van der Waals surface area contributed by atoms with E-state index >= 15 is 0 Å². The molecule has 94 valence electrons. The predicted molar refractivity (Wildman–Crippen MR) is 70.2 cm³/mol. The molecular formula is C13H17BrO3. The minimum absolute atomic E-state index is 0.243. The maximum atomic E-state index is 11.1. The Morgan fingerprint density at radius 1 is 1.41 bits per heavy atom. The van der Waals surface area contributed by atoms with Crippen molar-refractivity contribution in [2.45, 2.75) is 20.3 Å². The monoisotopic (exact) mass is 300 g/mol. The normalized spacial score (nSPS) is 10.4. The summed E-state index contributed by atoms with van der Waals surface area (Å²) in [5.74, 6) is 1.04. The highest BCUT2D eigenvalue weighted by molar-refractivity contribution is 9.10. The summed E-state index contributed by atoms with van der Waals surface area (Å²) >= 11 is 3.43. The summed E-state index contributed by atoms with van der Waals surface area (Å²) < 4.78 is 11.1. The number of hydrogen-bond acceptors (Lipinski definition) is 3. The summed E-state index contributed by atoms with van der Waals surface area (Å²) in [7, 11) is 1.39. The highest BCUT2D eigenvalue weighted by Gasteiger charge is 2.07. The van der Waals surface area contributed by atoms with Crippen LogP contribution in [0.15, 0.2) is 22.7 Å². The van der Waals surface area contributed by atoms with E-state index in [0.717, 1.165) is 15.8 Å². The van der Waals surface area contributed by atoms with Gasteiger partial charge in [0.2, 0.25) is 0 Å². The van der Waals surface area contributed by atoms with Crippen molar-refractivity contribution in [3.8, 4) is 5.75 Å². The van der Waals surface area contributed by atoms with Crippen LogP contribution in [0.2, 0.25) is 0 Å². The molecule has 1 rings (SSSR count). The van der Waals surface area contributed by atoms with Crippen molar-refractivity contribution in [1.29, 1.82) is 0 Å². The molecule has 0 saturated heterocycles. The van der Waals surface area contributed by atoms with E-state index in [1.54, 1.807) is 0 Å². The second-order valence-corrected chi connectivity index (χ2v) is 5.08. The Balaban J connectivity index is 2.69. The number of halogens is 1. The van der Waals surface area contributed by atoms with E-state index in [0.29, 0.717) is 12.5 Å². The van der Waals surface area contributed by atoms with E-state index in [9.17, 15) is 4.79 Å². The number of carbonyl (C=O) groups is 1. The standard InChI is InChI=1S/C13H17BrO3/c1-9(2)8-17-12-5-4-10(6-11(12)14)7-13(15)16-3/h4-6,9H,7-8H2,1-3H3. The SMILES string of the molecule is COC(=O)Cc1ccc(OCC(C)C)c(Br)c1. The Morgan fingerprint density at radius 2 is 2.12 bits per heavy atom. The zero-order valence-electron chi connectivity index (χ0n) is 10.3. The van der Waals surface area contributed by atoms with Crippen molar-refractivity contribution in [1.82, 2.24) is 0 Å². The van der Waals surface area contributed by atoms with Crippen LogP contribution < -0.4 is 4.74 Å². The molecule has 3 nitrogen and oxygen atoms in total. The van der Waals surface area contributed by atoms with Crippen LogP contribution in [0.1, 0.15) is 19.4 Å². The maximum Gasteiger partial charge on any atom is 0.309 e. The molecule has 1 aromatic rings. The number of ether oxygens (including phenoxy) is 2. The molecule has 0 radical (unpaired) electrons. The Labute approximate surface area is 110 Å². The molecule has 0 saturated carbocycles. The lowest BCUT2D eigenvalue weighted by molar-refractivity contribution is -0.139. The van der Waals surface area contributed by atoms with Crippen molar-refractivity contribution in [2.24, 2.45) is 5.92 Å². The van der Waals surface area contributed by atoms with E-state index in [2.05, 4.69) is 34.5 Å². The molecule has 0 aliphatic heterocycles. The molecule has 17 heavy (non-hydrogen) atoms. The molecule has 0 aromatic heterocycles. The minimum atomic E-state index is -0.243. The van der Waals surface area contributed by atoms with Crippen molar-refractivity contribution in [3.63, 3.8) is 0 Å². The van der Waals surface area contributed by atoms with E-state index in [-0.39, 0.29) is 12.4 Å². The second kappa shape index (κ2) is 6.64. The van der Waals surface area contributed by atoms with Gasteiger partial charge in [0.25, 0.3) is 0 Å². The quantitative estimate of drug-likeness (QED) is 0.784. The fourth-order valence-corrected chi connectivity index (χ4v) is 1.81. The van der Waals surface area contributed by atoms with Crippen LogP contribution in [0.4, 0.5) is 0 Å². The van der Waals surface area contributed by atoms with Crippen LogP contribution in [-0.2, 0) is 16.0 Å². The minimum Gasteiger partial charge on any atom is -0.492 e. The second-order valence-electron chi connectivity index (χ2n) is 4.22. The van der Waals surface area contributed by atoms with Crippen LogP contribution in [0.5, 0.6) is 5.75 Å². The first kappa shape index (κ1) is 14.0. The summed E-state index contributed by atoms with van der Waals surface area (Å²) in [4.78, 5) is 11.1. The molecule has 4 heteroatoms. The third-order valence-corrected chi connectivity index (χ3v) is 2.76. The van der Waals surface area contributed by atoms with Crippen LogP contribution >= 0.6 is 15.9 Å². The lowest BCUT2D eigenvalue weighted by atomic mass is 10.1. The molecule has 0 heterocycles. The van der Waals surface area contributed by atoms with Gasteiger partial charge in [0, 0.05) is 0 Å². The van der Waals surface area contributed by atoms with Crippen LogP contribution in [0.25, 0.3) is 0 Å². The first-order chi connectivity index (χ1) is 8.02. The molecular weight excluding hydrogens is 284 g/mol. The van der Waals surface area contributed by atoms with Crippen LogP contribution in [0, 0.1) is 5.92 Å². The predicted octanol–water partition coefficient (Wildman–Crippen LogP) is 3.20. The maximum absolute atomic E-state index is 11.1. The molecule has 0 aliphatic carbocycles. The molecule has 0 aliphatic rings. The van der Waals surface area contributed by atoms with Crippen molar-refractivity contribution in [3.05, 3.63) is 28.2 Å². The summed E-state index contributed by atoms with van der Waals surface area (Å²) in [6, 6.07) is 5.62. The topological polar surface area (TPSA) is 35.5 Å². The number of methoxy groups -OCH3 is 1. The van der Waals surface area contributed by atoms with Crippen LogP contribution in [0.3, 0.4) is 0 Å². The lowest BCUT2D eigenvalue weighted by Crippen LogP contribution is -2.06. The van der Waals surface area contributed by atoms with Gasteiger partial charge in [0.15, 0.2) is 0 Å². The molecule has 0 unspecified atom stereocenters. The molecule has 0 bridgehead atoms. The Morgan fingerprint density at radius 3 is 2.65 bits per heavy atom. The van der Waals surface area contributed by atoms with Crippen molar-refractivity contribution in [2.75, 3.05) is 13.7 Å². The van der Waals surface area contributed by atoms with Crippen molar-refractivity contribution < 1.29 is 14.3 Å². The summed E-state index contributed by atoms with van der Waals surface area (Å²) in [6.45, 7) is 4.87. The summed E-state index contributed by atoms with van der Waals surface area (Å²) in [6.07, 6.45) is 0.277. The molecule has 0 N–H and O–H groups in total. The highest BCUT2D eigenvalue weighted by atomic mass is 79.9. The molecule has 1 aromatic carbocycles. The zero-order valence-corrected chi connectivity index (χ0v) is 11.9. The summed E-state index contributed by atoms with van der Waals surface area (Å²) in [5.41, 5.74) is 0.903.